The number of hydrogen-bond donors (Lipinski definition) is 1. The largest absolute Gasteiger partial charge is 0.250 e. The Labute approximate surface area is 112 Å². The lowest BCUT2D eigenvalue weighted by Gasteiger charge is -2.08. The quantitative estimate of drug-likeness (QED) is 0.878. The number of rotatable bonds is 3. The minimum absolute atomic E-state index is 0.155. The maximum absolute atomic E-state index is 11.9. The summed E-state index contributed by atoms with van der Waals surface area (Å²) in [6, 6.07) is 2.40. The summed E-state index contributed by atoms with van der Waals surface area (Å²) in [4.78, 5) is 0. The van der Waals surface area contributed by atoms with Gasteiger partial charge < -0.3 is 0 Å². The molecule has 1 atom stereocenters. The van der Waals surface area contributed by atoms with Crippen LogP contribution < -0.4 is 4.72 Å². The van der Waals surface area contributed by atoms with E-state index in [0.717, 1.165) is 16.7 Å². The van der Waals surface area contributed by atoms with Crippen LogP contribution in [0.15, 0.2) is 31.6 Å². The Bertz CT molecular complexity index is 659. The number of thiophene rings is 1. The van der Waals surface area contributed by atoms with Gasteiger partial charge in [0.2, 0.25) is 0 Å². The second-order valence-corrected chi connectivity index (χ2v) is 9.78. The fourth-order valence-electron chi connectivity index (χ4n) is 1.35. The van der Waals surface area contributed by atoms with E-state index in [-0.39, 0.29) is 9.96 Å². The maximum atomic E-state index is 11.9. The lowest BCUT2D eigenvalue weighted by Crippen LogP contribution is -2.35. The molecular formula is C8H8BrNO4S3. The topological polar surface area (TPSA) is 80.3 Å². The van der Waals surface area contributed by atoms with Gasteiger partial charge in [-0.25, -0.2) is 21.6 Å². The van der Waals surface area contributed by atoms with Gasteiger partial charge in [0.25, 0.3) is 10.0 Å². The zero-order chi connectivity index (χ0) is 12.7. The molecule has 1 aromatic rings. The van der Waals surface area contributed by atoms with Crippen LogP contribution in [0.4, 0.5) is 0 Å². The predicted molar refractivity (Wildman–Crippen MR) is 69.1 cm³/mol. The number of hydrogen-bond acceptors (Lipinski definition) is 5. The Morgan fingerprint density at radius 2 is 2.12 bits per heavy atom. The van der Waals surface area contributed by atoms with E-state index in [1.54, 1.807) is 6.07 Å². The summed E-state index contributed by atoms with van der Waals surface area (Å²) in [6.45, 7) is 0. The van der Waals surface area contributed by atoms with E-state index < -0.39 is 25.9 Å². The number of halogens is 1. The van der Waals surface area contributed by atoms with Crippen molar-refractivity contribution in [2.75, 3.05) is 5.75 Å². The highest BCUT2D eigenvalue weighted by Gasteiger charge is 2.27. The molecule has 5 nitrogen and oxygen atoms in total. The lowest BCUT2D eigenvalue weighted by atomic mass is 10.4. The third-order valence-electron chi connectivity index (χ3n) is 2.05. The van der Waals surface area contributed by atoms with Gasteiger partial charge in [0.05, 0.1) is 15.6 Å². The number of sulfone groups is 1. The smallest absolute Gasteiger partial charge is 0.224 e. The molecule has 0 fully saturated rings. The minimum atomic E-state index is -3.65. The monoisotopic (exact) mass is 357 g/mol. The van der Waals surface area contributed by atoms with Crippen LogP contribution >= 0.6 is 27.3 Å². The van der Waals surface area contributed by atoms with Gasteiger partial charge in [-0.3, -0.25) is 0 Å². The summed E-state index contributed by atoms with van der Waals surface area (Å²) in [5.74, 6) is -0.223. The molecule has 1 N–H and O–H groups in total. The summed E-state index contributed by atoms with van der Waals surface area (Å²) < 4.78 is 49.2. The van der Waals surface area contributed by atoms with E-state index in [0.29, 0.717) is 3.79 Å². The van der Waals surface area contributed by atoms with Crippen LogP contribution in [0, 0.1) is 0 Å². The molecule has 0 spiro atoms. The van der Waals surface area contributed by atoms with E-state index in [9.17, 15) is 16.8 Å². The number of sulfonamides is 1. The fourth-order valence-corrected chi connectivity index (χ4v) is 5.91. The van der Waals surface area contributed by atoms with Gasteiger partial charge in [-0.1, -0.05) is 6.08 Å². The molecule has 0 aromatic carbocycles. The zero-order valence-corrected chi connectivity index (χ0v) is 12.4. The first-order valence-electron chi connectivity index (χ1n) is 4.47. The van der Waals surface area contributed by atoms with Crippen molar-refractivity contribution in [1.29, 1.82) is 0 Å². The van der Waals surface area contributed by atoms with E-state index in [4.69, 9.17) is 0 Å². The van der Waals surface area contributed by atoms with Gasteiger partial charge in [-0.2, -0.15) is 0 Å². The van der Waals surface area contributed by atoms with E-state index >= 15 is 0 Å². The van der Waals surface area contributed by atoms with Crippen molar-refractivity contribution < 1.29 is 16.8 Å². The van der Waals surface area contributed by atoms with Gasteiger partial charge in [0.1, 0.15) is 4.21 Å². The minimum Gasteiger partial charge on any atom is -0.224 e. The Balaban J connectivity index is 2.18. The van der Waals surface area contributed by atoms with Crippen LogP contribution in [-0.4, -0.2) is 28.6 Å². The normalized spacial score (nSPS) is 23.0. The first-order chi connectivity index (χ1) is 7.78. The van der Waals surface area contributed by atoms with Crippen LogP contribution in [0.1, 0.15) is 0 Å². The van der Waals surface area contributed by atoms with Gasteiger partial charge in [-0.15, -0.1) is 11.3 Å². The molecule has 94 valence electrons. The highest BCUT2D eigenvalue weighted by molar-refractivity contribution is 9.11. The second-order valence-electron chi connectivity index (χ2n) is 3.44. The zero-order valence-electron chi connectivity index (χ0n) is 8.33. The van der Waals surface area contributed by atoms with E-state index in [1.807, 2.05) is 0 Å². The molecule has 0 saturated carbocycles. The molecule has 9 heteroatoms. The van der Waals surface area contributed by atoms with Crippen LogP contribution in [0.5, 0.6) is 0 Å². The molecule has 2 rings (SSSR count). The summed E-state index contributed by atoms with van der Waals surface area (Å²) in [6.07, 6.45) is 1.34. The summed E-state index contributed by atoms with van der Waals surface area (Å²) in [5.41, 5.74) is 0. The van der Waals surface area contributed by atoms with Gasteiger partial charge in [0, 0.05) is 5.41 Å². The van der Waals surface area contributed by atoms with Crippen molar-refractivity contribution in [2.45, 2.75) is 10.3 Å². The summed E-state index contributed by atoms with van der Waals surface area (Å²) in [5, 5.41) is 1.03. The maximum Gasteiger partial charge on any atom is 0.250 e. The van der Waals surface area contributed by atoms with E-state index in [2.05, 4.69) is 20.7 Å². The molecule has 0 bridgehead atoms. The van der Waals surface area contributed by atoms with Crippen molar-refractivity contribution in [3.8, 4) is 0 Å². The summed E-state index contributed by atoms with van der Waals surface area (Å²) >= 11 is 4.24. The third kappa shape index (κ3) is 3.16. The molecule has 0 saturated heterocycles. The first kappa shape index (κ1) is 13.2. The average molecular weight is 358 g/mol. The number of nitrogens with one attached hydrogen (secondary N) is 1. The Morgan fingerprint density at radius 3 is 2.59 bits per heavy atom. The van der Waals surface area contributed by atoms with Gasteiger partial charge in [0.15, 0.2) is 9.84 Å². The standard InChI is InChI=1S/C8H8BrNO4S3/c9-7-1-2-8(15-7)17(13,14)10-6-3-4-16(11,12)5-6/h1-4,6,10H,5H2. The third-order valence-corrected chi connectivity index (χ3v) is 7.05. The SMILES string of the molecule is O=S1(=O)C=CC(NS(=O)(=O)c2ccc(Br)s2)C1. The van der Waals surface area contributed by atoms with Gasteiger partial charge >= 0.3 is 0 Å². The first-order valence-corrected chi connectivity index (χ1v) is 9.28. The van der Waals surface area contributed by atoms with Crippen LogP contribution in [0.3, 0.4) is 0 Å². The molecule has 1 aliphatic rings. The molecule has 0 radical (unpaired) electrons. The van der Waals surface area contributed by atoms with Gasteiger partial charge in [-0.05, 0) is 28.1 Å². The summed E-state index contributed by atoms with van der Waals surface area (Å²) in [7, 11) is -6.91. The Hall–Kier alpha value is -0.220. The molecule has 0 amide bonds. The molecule has 0 aliphatic carbocycles. The lowest BCUT2D eigenvalue weighted by molar-refractivity contribution is 0.577. The van der Waals surface area contributed by atoms with Crippen molar-refractivity contribution in [3.05, 3.63) is 27.4 Å². The molecule has 1 aliphatic heterocycles. The van der Waals surface area contributed by atoms with Crippen LogP contribution in [0.2, 0.25) is 0 Å². The molecular weight excluding hydrogens is 350 g/mol. The highest BCUT2D eigenvalue weighted by atomic mass is 79.9. The van der Waals surface area contributed by atoms with Crippen molar-refractivity contribution in [2.24, 2.45) is 0 Å². The van der Waals surface area contributed by atoms with Crippen LogP contribution in [0.25, 0.3) is 0 Å². The van der Waals surface area contributed by atoms with Crippen molar-refractivity contribution in [3.63, 3.8) is 0 Å². The van der Waals surface area contributed by atoms with Crippen LogP contribution in [-0.2, 0) is 19.9 Å². The molecule has 1 aromatic heterocycles. The van der Waals surface area contributed by atoms with Crippen molar-refractivity contribution >= 4 is 47.1 Å². The highest BCUT2D eigenvalue weighted by Crippen LogP contribution is 2.26. The van der Waals surface area contributed by atoms with E-state index in [1.165, 1.54) is 12.1 Å². The predicted octanol–water partition coefficient (Wildman–Crippen LogP) is 1.10. The molecule has 2 heterocycles. The average Bonchev–Trinajstić information content (AvgIpc) is 2.72. The Kier molecular flexibility index (Phi) is 3.47. The van der Waals surface area contributed by atoms with Crippen molar-refractivity contribution in [1.82, 2.24) is 4.72 Å². The second kappa shape index (κ2) is 4.47. The molecule has 1 unspecified atom stereocenters. The fraction of sp³-hybridized carbons (Fsp3) is 0.250. The molecule has 17 heavy (non-hydrogen) atoms. The Morgan fingerprint density at radius 1 is 1.41 bits per heavy atom.